The van der Waals surface area contributed by atoms with Gasteiger partial charge in [-0.25, -0.2) is 9.97 Å². The van der Waals surface area contributed by atoms with Gasteiger partial charge in [0.05, 0.1) is 32.2 Å². The molecule has 0 saturated carbocycles. The molecule has 1 fully saturated rings. The standard InChI is InChI=1S/C27H30N8O3/c1-37-21-9-8-18(15-22(21)38-2)20-16-30-24-23(31-20)25(33-27(29)32-24)34-10-12-35(13-11-34)26(36)19(28)14-17-6-4-3-5-7-17/h3-9,15-16,19H,10-14,28H2,1-2H3,(H2,29,30,32,33). The molecule has 1 amide bonds. The van der Waals surface area contributed by atoms with Crippen molar-refractivity contribution in [1.82, 2.24) is 24.8 Å². The average Bonchev–Trinajstić information content (AvgIpc) is 2.96. The van der Waals surface area contributed by atoms with Crippen molar-refractivity contribution >= 4 is 28.8 Å². The van der Waals surface area contributed by atoms with E-state index in [-0.39, 0.29) is 11.9 Å². The lowest BCUT2D eigenvalue weighted by Crippen LogP contribution is -2.54. The summed E-state index contributed by atoms with van der Waals surface area (Å²) in [6.07, 6.45) is 2.14. The first-order chi connectivity index (χ1) is 18.5. The normalized spacial score (nSPS) is 14.4. The predicted octanol–water partition coefficient (Wildman–Crippen LogP) is 1.90. The molecule has 11 nitrogen and oxygen atoms in total. The molecule has 4 N–H and O–H groups in total. The lowest BCUT2D eigenvalue weighted by Gasteiger charge is -2.36. The molecule has 1 aliphatic rings. The number of nitrogens with two attached hydrogens (primary N) is 2. The van der Waals surface area contributed by atoms with Gasteiger partial charge in [-0.1, -0.05) is 30.3 Å². The van der Waals surface area contributed by atoms with E-state index in [1.165, 1.54) is 0 Å². The number of piperazine rings is 1. The van der Waals surface area contributed by atoms with E-state index < -0.39 is 6.04 Å². The highest BCUT2D eigenvalue weighted by Crippen LogP contribution is 2.32. The molecule has 0 bridgehead atoms. The SMILES string of the molecule is COc1ccc(-c2cnc3nc(N)nc(N4CCN(C(=O)C(N)Cc5ccccc5)CC4)c3n2)cc1OC. The van der Waals surface area contributed by atoms with Crippen LogP contribution in [0.15, 0.2) is 54.7 Å². The largest absolute Gasteiger partial charge is 0.493 e. The molecule has 2 aromatic carbocycles. The smallest absolute Gasteiger partial charge is 0.239 e. The molecular weight excluding hydrogens is 484 g/mol. The van der Waals surface area contributed by atoms with Gasteiger partial charge in [0.1, 0.15) is 0 Å². The van der Waals surface area contributed by atoms with Gasteiger partial charge in [0, 0.05) is 31.7 Å². The lowest BCUT2D eigenvalue weighted by molar-refractivity contribution is -0.132. The number of hydrogen-bond donors (Lipinski definition) is 2. The molecule has 1 aliphatic heterocycles. The van der Waals surface area contributed by atoms with Gasteiger partial charge in [-0.2, -0.15) is 9.97 Å². The minimum Gasteiger partial charge on any atom is -0.493 e. The van der Waals surface area contributed by atoms with Crippen LogP contribution in [0.4, 0.5) is 11.8 Å². The highest BCUT2D eigenvalue weighted by atomic mass is 16.5. The third kappa shape index (κ3) is 5.14. The van der Waals surface area contributed by atoms with Crippen molar-refractivity contribution in [2.45, 2.75) is 12.5 Å². The van der Waals surface area contributed by atoms with Gasteiger partial charge in [-0.3, -0.25) is 4.79 Å². The van der Waals surface area contributed by atoms with Crippen LogP contribution in [0, 0.1) is 0 Å². The van der Waals surface area contributed by atoms with Crippen molar-refractivity contribution in [3.63, 3.8) is 0 Å². The van der Waals surface area contributed by atoms with Gasteiger partial charge in [-0.05, 0) is 30.2 Å². The highest BCUT2D eigenvalue weighted by Gasteiger charge is 2.27. The fourth-order valence-electron chi connectivity index (χ4n) is 4.59. The second kappa shape index (κ2) is 10.9. The zero-order valence-corrected chi connectivity index (χ0v) is 21.4. The monoisotopic (exact) mass is 514 g/mol. The van der Waals surface area contributed by atoms with Crippen molar-refractivity contribution in [1.29, 1.82) is 0 Å². The first-order valence-corrected chi connectivity index (χ1v) is 12.3. The van der Waals surface area contributed by atoms with Crippen molar-refractivity contribution < 1.29 is 14.3 Å². The molecule has 2 aromatic heterocycles. The number of carbonyl (C=O) groups excluding carboxylic acids is 1. The Morgan fingerprint density at radius 2 is 1.71 bits per heavy atom. The van der Waals surface area contributed by atoms with Gasteiger partial charge >= 0.3 is 0 Å². The molecule has 1 unspecified atom stereocenters. The number of nitrogens with zero attached hydrogens (tertiary/aromatic N) is 6. The summed E-state index contributed by atoms with van der Waals surface area (Å²) in [5, 5.41) is 0. The Labute approximate surface area is 220 Å². The molecule has 196 valence electrons. The van der Waals surface area contributed by atoms with E-state index >= 15 is 0 Å². The number of benzene rings is 2. The molecule has 3 heterocycles. The van der Waals surface area contributed by atoms with Gasteiger partial charge in [0.2, 0.25) is 11.9 Å². The zero-order valence-electron chi connectivity index (χ0n) is 21.4. The van der Waals surface area contributed by atoms with Gasteiger partial charge < -0.3 is 30.7 Å². The van der Waals surface area contributed by atoms with Crippen molar-refractivity contribution in [3.05, 3.63) is 60.3 Å². The number of carbonyl (C=O) groups is 1. The molecule has 11 heteroatoms. The molecule has 0 spiro atoms. The number of rotatable bonds is 7. The fraction of sp³-hybridized carbons (Fsp3) is 0.296. The second-order valence-corrected chi connectivity index (χ2v) is 9.01. The first kappa shape index (κ1) is 25.2. The summed E-state index contributed by atoms with van der Waals surface area (Å²) in [5.74, 6) is 1.85. The molecule has 38 heavy (non-hydrogen) atoms. The Kier molecular flexibility index (Phi) is 7.18. The van der Waals surface area contributed by atoms with Crippen molar-refractivity contribution in [2.75, 3.05) is 51.0 Å². The third-order valence-electron chi connectivity index (χ3n) is 6.59. The summed E-state index contributed by atoms with van der Waals surface area (Å²) in [7, 11) is 3.17. The van der Waals surface area contributed by atoms with E-state index in [0.717, 1.165) is 11.1 Å². The lowest BCUT2D eigenvalue weighted by atomic mass is 10.1. The Bertz CT molecular complexity index is 1440. The molecule has 4 aromatic rings. The van der Waals surface area contributed by atoms with Crippen LogP contribution in [0.5, 0.6) is 11.5 Å². The van der Waals surface area contributed by atoms with E-state index in [0.29, 0.717) is 66.8 Å². The summed E-state index contributed by atoms with van der Waals surface area (Å²) in [6.45, 7) is 2.13. The van der Waals surface area contributed by atoms with Crippen LogP contribution < -0.4 is 25.8 Å². The molecule has 0 radical (unpaired) electrons. The van der Waals surface area contributed by atoms with Crippen LogP contribution in [-0.2, 0) is 11.2 Å². The second-order valence-electron chi connectivity index (χ2n) is 9.01. The van der Waals surface area contributed by atoms with Crippen LogP contribution in [0.25, 0.3) is 22.4 Å². The summed E-state index contributed by atoms with van der Waals surface area (Å²) in [6, 6.07) is 14.8. The molecule has 5 rings (SSSR count). The van der Waals surface area contributed by atoms with Crippen LogP contribution in [0.1, 0.15) is 5.56 Å². The van der Waals surface area contributed by atoms with Gasteiger partial charge in [0.15, 0.2) is 28.5 Å². The van der Waals surface area contributed by atoms with Gasteiger partial charge in [0.25, 0.3) is 0 Å². The number of aromatic nitrogens is 4. The maximum atomic E-state index is 13.0. The van der Waals surface area contributed by atoms with Crippen LogP contribution in [0.2, 0.25) is 0 Å². The number of hydrogen-bond acceptors (Lipinski definition) is 10. The Hall–Kier alpha value is -4.51. The molecule has 0 aliphatic carbocycles. The van der Waals surface area contributed by atoms with E-state index in [9.17, 15) is 4.79 Å². The minimum absolute atomic E-state index is 0.0592. The van der Waals surface area contributed by atoms with Crippen molar-refractivity contribution in [2.24, 2.45) is 5.73 Å². The zero-order chi connectivity index (χ0) is 26.6. The van der Waals surface area contributed by atoms with Crippen molar-refractivity contribution in [3.8, 4) is 22.8 Å². The number of nitrogen functional groups attached to an aromatic ring is 1. The fourth-order valence-corrected chi connectivity index (χ4v) is 4.59. The third-order valence-corrected chi connectivity index (χ3v) is 6.59. The van der Waals surface area contributed by atoms with Crippen LogP contribution in [0.3, 0.4) is 0 Å². The number of methoxy groups -OCH3 is 2. The molecule has 1 atom stereocenters. The Morgan fingerprint density at radius 1 is 0.974 bits per heavy atom. The summed E-state index contributed by atoms with van der Waals surface area (Å²) in [5.41, 5.74) is 15.7. The number of ether oxygens (including phenoxy) is 2. The van der Waals surface area contributed by atoms with E-state index in [1.807, 2.05) is 48.5 Å². The summed E-state index contributed by atoms with van der Waals surface area (Å²) in [4.78, 5) is 35.0. The Morgan fingerprint density at radius 3 is 2.42 bits per heavy atom. The molecule has 1 saturated heterocycles. The highest BCUT2D eigenvalue weighted by molar-refractivity contribution is 5.86. The summed E-state index contributed by atoms with van der Waals surface area (Å²) >= 11 is 0. The topological polar surface area (TPSA) is 146 Å². The summed E-state index contributed by atoms with van der Waals surface area (Å²) < 4.78 is 10.8. The number of fused-ring (bicyclic) bond motifs is 1. The predicted molar refractivity (Wildman–Crippen MR) is 145 cm³/mol. The molecular formula is C27H30N8O3. The van der Waals surface area contributed by atoms with Crippen LogP contribution >= 0.6 is 0 Å². The number of anilines is 2. The Balaban J connectivity index is 1.36. The van der Waals surface area contributed by atoms with Gasteiger partial charge in [-0.15, -0.1) is 0 Å². The van der Waals surface area contributed by atoms with E-state index in [2.05, 4.69) is 19.9 Å². The van der Waals surface area contributed by atoms with E-state index in [4.69, 9.17) is 25.9 Å². The maximum absolute atomic E-state index is 13.0. The average molecular weight is 515 g/mol. The van der Waals surface area contributed by atoms with E-state index in [1.54, 1.807) is 25.3 Å². The number of amides is 1. The van der Waals surface area contributed by atoms with Crippen LogP contribution in [-0.4, -0.2) is 77.2 Å². The maximum Gasteiger partial charge on any atom is 0.239 e. The minimum atomic E-state index is -0.589. The first-order valence-electron chi connectivity index (χ1n) is 12.3. The quantitative estimate of drug-likeness (QED) is 0.375.